The van der Waals surface area contributed by atoms with E-state index in [4.69, 9.17) is 23.2 Å². The van der Waals surface area contributed by atoms with Crippen LogP contribution in [-0.2, 0) is 4.79 Å². The second-order valence-corrected chi connectivity index (χ2v) is 7.53. The Labute approximate surface area is 165 Å². The van der Waals surface area contributed by atoms with Crippen molar-refractivity contribution in [3.05, 3.63) is 57.6 Å². The second kappa shape index (κ2) is 8.12. The van der Waals surface area contributed by atoms with E-state index in [0.717, 1.165) is 16.8 Å². The van der Waals surface area contributed by atoms with Crippen LogP contribution in [0, 0.1) is 13.8 Å². The Morgan fingerprint density at radius 1 is 1.19 bits per heavy atom. The number of aromatic nitrogens is 3. The number of nitrogens with zero attached hydrogens (tertiary/aromatic N) is 2. The lowest BCUT2D eigenvalue weighted by atomic mass is 10.1. The van der Waals surface area contributed by atoms with Crippen molar-refractivity contribution in [2.75, 3.05) is 11.1 Å². The van der Waals surface area contributed by atoms with Crippen molar-refractivity contribution in [3.8, 4) is 11.4 Å². The van der Waals surface area contributed by atoms with Crippen LogP contribution in [0.3, 0.4) is 0 Å². The van der Waals surface area contributed by atoms with Gasteiger partial charge in [0, 0.05) is 16.3 Å². The number of aromatic amines is 1. The molecule has 0 saturated carbocycles. The molecule has 0 bridgehead atoms. The largest absolute Gasteiger partial charge is 0.325 e. The number of amides is 1. The number of H-pyrrole nitrogens is 1. The molecular weight excluding hydrogens is 391 g/mol. The maximum absolute atomic E-state index is 12.2. The third-order valence-electron chi connectivity index (χ3n) is 3.65. The van der Waals surface area contributed by atoms with Crippen LogP contribution in [0.1, 0.15) is 11.1 Å². The molecule has 0 aliphatic rings. The zero-order valence-corrected chi connectivity index (χ0v) is 16.5. The summed E-state index contributed by atoms with van der Waals surface area (Å²) in [4.78, 5) is 16.6. The van der Waals surface area contributed by atoms with Gasteiger partial charge in [0.05, 0.1) is 10.8 Å². The molecule has 0 spiro atoms. The number of rotatable bonds is 5. The van der Waals surface area contributed by atoms with Crippen LogP contribution in [0.25, 0.3) is 11.4 Å². The van der Waals surface area contributed by atoms with Crippen LogP contribution in [0.2, 0.25) is 10.0 Å². The Morgan fingerprint density at radius 3 is 2.77 bits per heavy atom. The first kappa shape index (κ1) is 18.8. The minimum atomic E-state index is -0.112. The predicted octanol–water partition coefficient (Wildman–Crippen LogP) is 5.13. The third-order valence-corrected chi connectivity index (χ3v) is 5.05. The summed E-state index contributed by atoms with van der Waals surface area (Å²) < 4.78 is 0. The van der Waals surface area contributed by atoms with E-state index in [2.05, 4.69) is 20.5 Å². The monoisotopic (exact) mass is 406 g/mol. The van der Waals surface area contributed by atoms with E-state index in [9.17, 15) is 4.79 Å². The molecule has 0 aliphatic carbocycles. The van der Waals surface area contributed by atoms with Gasteiger partial charge in [-0.2, -0.15) is 0 Å². The summed E-state index contributed by atoms with van der Waals surface area (Å²) in [5.41, 5.74) is 3.64. The summed E-state index contributed by atoms with van der Waals surface area (Å²) in [6, 6.07) is 11.1. The van der Waals surface area contributed by atoms with Crippen molar-refractivity contribution < 1.29 is 4.79 Å². The van der Waals surface area contributed by atoms with Gasteiger partial charge in [0.25, 0.3) is 0 Å². The highest BCUT2D eigenvalue weighted by molar-refractivity contribution is 7.99. The van der Waals surface area contributed by atoms with E-state index in [1.807, 2.05) is 32.0 Å². The lowest BCUT2D eigenvalue weighted by Crippen LogP contribution is -2.15. The molecule has 1 amide bonds. The molecule has 0 radical (unpaired) electrons. The fourth-order valence-corrected chi connectivity index (χ4v) is 3.40. The first-order chi connectivity index (χ1) is 12.4. The zero-order chi connectivity index (χ0) is 18.7. The average molecular weight is 407 g/mol. The highest BCUT2D eigenvalue weighted by Crippen LogP contribution is 2.29. The Bertz CT molecular complexity index is 958. The maximum atomic E-state index is 12.2. The van der Waals surface area contributed by atoms with Gasteiger partial charge >= 0.3 is 0 Å². The first-order valence-electron chi connectivity index (χ1n) is 7.80. The highest BCUT2D eigenvalue weighted by atomic mass is 35.5. The van der Waals surface area contributed by atoms with Crippen LogP contribution in [0.5, 0.6) is 0 Å². The van der Waals surface area contributed by atoms with Crippen LogP contribution < -0.4 is 5.32 Å². The van der Waals surface area contributed by atoms with Crippen LogP contribution in [0.15, 0.2) is 41.6 Å². The molecule has 2 N–H and O–H groups in total. The molecular formula is C18H16Cl2N4OS. The molecule has 5 nitrogen and oxygen atoms in total. The van der Waals surface area contributed by atoms with E-state index >= 15 is 0 Å². The van der Waals surface area contributed by atoms with Gasteiger partial charge in [-0.1, -0.05) is 47.1 Å². The van der Waals surface area contributed by atoms with E-state index in [0.29, 0.717) is 26.6 Å². The number of thioether (sulfide) groups is 1. The number of carbonyl (C=O) groups excluding carboxylic acids is 1. The summed E-state index contributed by atoms with van der Waals surface area (Å²) in [5.74, 6) is 0.627. The molecule has 0 unspecified atom stereocenters. The van der Waals surface area contributed by atoms with E-state index in [1.54, 1.807) is 18.2 Å². The van der Waals surface area contributed by atoms with Crippen molar-refractivity contribution in [1.29, 1.82) is 0 Å². The van der Waals surface area contributed by atoms with Crippen LogP contribution >= 0.6 is 35.0 Å². The van der Waals surface area contributed by atoms with E-state index in [-0.39, 0.29) is 11.7 Å². The number of benzene rings is 2. The van der Waals surface area contributed by atoms with Gasteiger partial charge in [0.1, 0.15) is 0 Å². The number of aryl methyl sites for hydroxylation is 2. The molecule has 1 aromatic heterocycles. The smallest absolute Gasteiger partial charge is 0.234 e. The fraction of sp³-hybridized carbons (Fsp3) is 0.167. The Hall–Kier alpha value is -2.02. The van der Waals surface area contributed by atoms with Crippen molar-refractivity contribution in [2.45, 2.75) is 19.0 Å². The van der Waals surface area contributed by atoms with Gasteiger partial charge in [-0.3, -0.25) is 9.89 Å². The van der Waals surface area contributed by atoms with E-state index < -0.39 is 0 Å². The van der Waals surface area contributed by atoms with Crippen LogP contribution in [0.4, 0.5) is 5.69 Å². The molecule has 134 valence electrons. The van der Waals surface area contributed by atoms with Crippen molar-refractivity contribution in [1.82, 2.24) is 15.2 Å². The van der Waals surface area contributed by atoms with Gasteiger partial charge < -0.3 is 5.32 Å². The lowest BCUT2D eigenvalue weighted by Gasteiger charge is -2.08. The lowest BCUT2D eigenvalue weighted by molar-refractivity contribution is -0.113. The Kier molecular flexibility index (Phi) is 5.86. The molecule has 0 atom stereocenters. The number of anilines is 1. The molecule has 1 heterocycles. The second-order valence-electron chi connectivity index (χ2n) is 5.75. The SMILES string of the molecule is Cc1ccc(C)c(NC(=O)CSc2n[nH]c(-c3ccc(Cl)cc3Cl)n2)c1. The molecule has 0 fully saturated rings. The minimum absolute atomic E-state index is 0.112. The standard InChI is InChI=1S/C18H16Cl2N4OS/c1-10-3-4-11(2)15(7-10)21-16(25)9-26-18-22-17(23-24-18)13-6-5-12(19)8-14(13)20/h3-8H,9H2,1-2H3,(H,21,25)(H,22,23,24). The minimum Gasteiger partial charge on any atom is -0.325 e. The number of hydrogen-bond donors (Lipinski definition) is 2. The molecule has 26 heavy (non-hydrogen) atoms. The van der Waals surface area contributed by atoms with Gasteiger partial charge in [-0.05, 0) is 49.2 Å². The van der Waals surface area contributed by atoms with Gasteiger partial charge in [0.2, 0.25) is 11.1 Å². The number of carbonyl (C=O) groups is 1. The zero-order valence-electron chi connectivity index (χ0n) is 14.1. The summed E-state index contributed by atoms with van der Waals surface area (Å²) in [5, 5.41) is 11.4. The molecule has 3 rings (SSSR count). The third kappa shape index (κ3) is 4.58. The topological polar surface area (TPSA) is 70.7 Å². The molecule has 0 aliphatic heterocycles. The summed E-state index contributed by atoms with van der Waals surface area (Å²) in [6.45, 7) is 3.94. The molecule has 3 aromatic rings. The molecule has 2 aromatic carbocycles. The highest BCUT2D eigenvalue weighted by Gasteiger charge is 2.12. The first-order valence-corrected chi connectivity index (χ1v) is 9.54. The molecule has 0 saturated heterocycles. The average Bonchev–Trinajstić information content (AvgIpc) is 3.05. The Balaban J connectivity index is 1.62. The van der Waals surface area contributed by atoms with Gasteiger partial charge in [0.15, 0.2) is 5.82 Å². The van der Waals surface area contributed by atoms with Crippen LogP contribution in [-0.4, -0.2) is 26.8 Å². The normalized spacial score (nSPS) is 10.8. The van der Waals surface area contributed by atoms with Crippen molar-refractivity contribution in [2.24, 2.45) is 0 Å². The predicted molar refractivity (Wildman–Crippen MR) is 107 cm³/mol. The number of hydrogen-bond acceptors (Lipinski definition) is 4. The summed E-state index contributed by atoms with van der Waals surface area (Å²) >= 11 is 13.3. The summed E-state index contributed by atoms with van der Waals surface area (Å²) in [6.07, 6.45) is 0. The maximum Gasteiger partial charge on any atom is 0.234 e. The van der Waals surface area contributed by atoms with Gasteiger partial charge in [-0.25, -0.2) is 4.98 Å². The van der Waals surface area contributed by atoms with E-state index in [1.165, 1.54) is 11.8 Å². The Morgan fingerprint density at radius 2 is 2.00 bits per heavy atom. The summed E-state index contributed by atoms with van der Waals surface area (Å²) in [7, 11) is 0. The van der Waals surface area contributed by atoms with Crippen molar-refractivity contribution in [3.63, 3.8) is 0 Å². The fourth-order valence-electron chi connectivity index (χ4n) is 2.30. The number of nitrogens with one attached hydrogen (secondary N) is 2. The van der Waals surface area contributed by atoms with Crippen molar-refractivity contribution >= 4 is 46.6 Å². The molecule has 8 heteroatoms. The number of halogens is 2. The van der Waals surface area contributed by atoms with Gasteiger partial charge in [-0.15, -0.1) is 5.10 Å². The quantitative estimate of drug-likeness (QED) is 0.576.